The van der Waals surface area contributed by atoms with Crippen molar-refractivity contribution in [3.05, 3.63) is 35.7 Å². The van der Waals surface area contributed by atoms with Crippen LogP contribution in [0.4, 0.5) is 4.39 Å². The first kappa shape index (κ1) is 27.5. The lowest BCUT2D eigenvalue weighted by Crippen LogP contribution is -2.50. The molecule has 9 heteroatoms. The van der Waals surface area contributed by atoms with Gasteiger partial charge in [0, 0.05) is 18.7 Å². The minimum Gasteiger partial charge on any atom is -0.496 e. The molecule has 0 saturated heterocycles. The number of carbonyl (C=O) groups excluding carboxylic acids is 2. The number of carboxylic acids is 1. The summed E-state index contributed by atoms with van der Waals surface area (Å²) in [6, 6.07) is 2.12. The molecule has 2 amide bonds. The van der Waals surface area contributed by atoms with Crippen LogP contribution in [0.1, 0.15) is 75.6 Å². The lowest BCUT2D eigenvalue weighted by Gasteiger charge is -2.39. The number of carboxylic acid groups (broad SMARTS) is 1. The van der Waals surface area contributed by atoms with Crippen LogP contribution < -0.4 is 20.1 Å². The molecule has 0 unspecified atom stereocenters. The van der Waals surface area contributed by atoms with Gasteiger partial charge in [0.25, 0.3) is 5.91 Å². The SMILES string of the molecule is COc1cc(F)c(O[C@H]2CC[C@@](C)(C(=O)O)CC2)cc1C(=O)N[C@H]1[C@@H](C(=O)NCC2(C)CCC2)[C@@H]2C=C[C@H]1C2. The Morgan fingerprint density at radius 2 is 1.74 bits per heavy atom. The molecule has 0 heterocycles. The smallest absolute Gasteiger partial charge is 0.309 e. The van der Waals surface area contributed by atoms with Crippen molar-refractivity contribution in [3.8, 4) is 11.5 Å². The molecule has 1 aromatic rings. The van der Waals surface area contributed by atoms with Crippen LogP contribution in [0.25, 0.3) is 0 Å². The van der Waals surface area contributed by atoms with E-state index >= 15 is 0 Å². The molecule has 8 nitrogen and oxygen atoms in total. The first-order chi connectivity index (χ1) is 18.5. The van der Waals surface area contributed by atoms with Crippen LogP contribution in [0, 0.1) is 34.4 Å². The molecule has 0 aromatic heterocycles. The molecule has 3 N–H and O–H groups in total. The fourth-order valence-corrected chi connectivity index (χ4v) is 6.69. The number of nitrogens with one attached hydrogen (secondary N) is 2. The van der Waals surface area contributed by atoms with Gasteiger partial charge < -0.3 is 25.2 Å². The van der Waals surface area contributed by atoms with Gasteiger partial charge in [0.15, 0.2) is 11.6 Å². The first-order valence-corrected chi connectivity index (χ1v) is 14.1. The predicted octanol–water partition coefficient (Wildman–Crippen LogP) is 4.47. The van der Waals surface area contributed by atoms with Crippen molar-refractivity contribution in [1.82, 2.24) is 10.6 Å². The Labute approximate surface area is 228 Å². The molecule has 3 fully saturated rings. The third-order valence-corrected chi connectivity index (χ3v) is 9.65. The first-order valence-electron chi connectivity index (χ1n) is 14.1. The quantitative estimate of drug-likeness (QED) is 0.397. The Bertz CT molecular complexity index is 1170. The second-order valence-electron chi connectivity index (χ2n) is 12.5. The van der Waals surface area contributed by atoms with Crippen molar-refractivity contribution in [2.24, 2.45) is 28.6 Å². The molecule has 3 saturated carbocycles. The van der Waals surface area contributed by atoms with Crippen molar-refractivity contribution in [1.29, 1.82) is 0 Å². The van der Waals surface area contributed by atoms with Gasteiger partial charge in [-0.05, 0) is 75.2 Å². The van der Waals surface area contributed by atoms with Gasteiger partial charge in [-0.2, -0.15) is 0 Å². The fraction of sp³-hybridized carbons (Fsp3) is 0.633. The number of aliphatic carboxylic acids is 1. The van der Waals surface area contributed by atoms with E-state index in [2.05, 4.69) is 29.7 Å². The zero-order chi connectivity index (χ0) is 27.9. The summed E-state index contributed by atoms with van der Waals surface area (Å²) in [5.74, 6) is -2.19. The molecular formula is C30H39FN2O6. The molecule has 212 valence electrons. The van der Waals surface area contributed by atoms with E-state index in [1.807, 2.05) is 0 Å². The Kier molecular flexibility index (Phi) is 7.37. The molecule has 4 atom stereocenters. The van der Waals surface area contributed by atoms with Crippen LogP contribution >= 0.6 is 0 Å². The maximum atomic E-state index is 14.9. The lowest BCUT2D eigenvalue weighted by molar-refractivity contribution is -0.150. The molecule has 4 aliphatic rings. The summed E-state index contributed by atoms with van der Waals surface area (Å²) in [6.07, 6.45) is 9.82. The van der Waals surface area contributed by atoms with E-state index in [9.17, 15) is 23.9 Å². The van der Waals surface area contributed by atoms with E-state index in [1.165, 1.54) is 19.6 Å². The summed E-state index contributed by atoms with van der Waals surface area (Å²) < 4.78 is 26.2. The van der Waals surface area contributed by atoms with Crippen molar-refractivity contribution >= 4 is 17.8 Å². The zero-order valence-corrected chi connectivity index (χ0v) is 22.9. The Morgan fingerprint density at radius 3 is 2.36 bits per heavy atom. The molecular weight excluding hydrogens is 503 g/mol. The molecule has 2 bridgehead atoms. The number of ether oxygens (including phenoxy) is 2. The second kappa shape index (κ2) is 10.5. The number of hydrogen-bond acceptors (Lipinski definition) is 5. The minimum absolute atomic E-state index is 0.0361. The largest absolute Gasteiger partial charge is 0.496 e. The summed E-state index contributed by atoms with van der Waals surface area (Å²) in [7, 11) is 1.37. The average Bonchev–Trinajstić information content (AvgIpc) is 3.50. The van der Waals surface area contributed by atoms with Gasteiger partial charge in [-0.3, -0.25) is 14.4 Å². The van der Waals surface area contributed by atoms with E-state index < -0.39 is 23.1 Å². The van der Waals surface area contributed by atoms with E-state index in [0.717, 1.165) is 25.3 Å². The van der Waals surface area contributed by atoms with Crippen LogP contribution in [-0.2, 0) is 9.59 Å². The number of allylic oxidation sites excluding steroid dienone is 1. The van der Waals surface area contributed by atoms with E-state index in [1.54, 1.807) is 6.92 Å². The lowest BCUT2D eigenvalue weighted by atomic mass is 9.70. The minimum atomic E-state index is -0.838. The van der Waals surface area contributed by atoms with Crippen LogP contribution in [0.15, 0.2) is 24.3 Å². The second-order valence-corrected chi connectivity index (χ2v) is 12.5. The highest BCUT2D eigenvalue weighted by atomic mass is 19.1. The van der Waals surface area contributed by atoms with Crippen molar-refractivity contribution < 1.29 is 33.4 Å². The van der Waals surface area contributed by atoms with Gasteiger partial charge in [0.2, 0.25) is 5.91 Å². The maximum Gasteiger partial charge on any atom is 0.309 e. The highest BCUT2D eigenvalue weighted by Gasteiger charge is 2.49. The molecule has 0 aliphatic heterocycles. The van der Waals surface area contributed by atoms with Crippen molar-refractivity contribution in [3.63, 3.8) is 0 Å². The number of halogens is 1. The average molecular weight is 543 g/mol. The number of benzene rings is 1. The van der Waals surface area contributed by atoms with Gasteiger partial charge in [-0.15, -0.1) is 0 Å². The van der Waals surface area contributed by atoms with Gasteiger partial charge in [0.05, 0.1) is 30.1 Å². The van der Waals surface area contributed by atoms with Gasteiger partial charge >= 0.3 is 5.97 Å². The summed E-state index contributed by atoms with van der Waals surface area (Å²) >= 11 is 0. The monoisotopic (exact) mass is 542 g/mol. The number of carbonyl (C=O) groups is 3. The van der Waals surface area contributed by atoms with Crippen LogP contribution in [-0.4, -0.2) is 48.7 Å². The molecule has 1 aromatic carbocycles. The van der Waals surface area contributed by atoms with Crippen molar-refractivity contribution in [2.45, 2.75) is 77.4 Å². The molecule has 0 radical (unpaired) electrons. The zero-order valence-electron chi connectivity index (χ0n) is 22.9. The fourth-order valence-electron chi connectivity index (χ4n) is 6.69. The maximum absolute atomic E-state index is 14.9. The summed E-state index contributed by atoms with van der Waals surface area (Å²) in [4.78, 5) is 38.3. The third-order valence-electron chi connectivity index (χ3n) is 9.65. The summed E-state index contributed by atoms with van der Waals surface area (Å²) in [6.45, 7) is 4.55. The predicted molar refractivity (Wildman–Crippen MR) is 142 cm³/mol. The van der Waals surface area contributed by atoms with Gasteiger partial charge in [0.1, 0.15) is 5.75 Å². The Hall–Kier alpha value is -3.10. The van der Waals surface area contributed by atoms with Crippen molar-refractivity contribution in [2.75, 3.05) is 13.7 Å². The number of hydrogen-bond donors (Lipinski definition) is 3. The number of rotatable bonds is 9. The molecule has 0 spiro atoms. The normalized spacial score (nSPS) is 32.3. The van der Waals surface area contributed by atoms with Crippen LogP contribution in [0.3, 0.4) is 0 Å². The topological polar surface area (TPSA) is 114 Å². The molecule has 5 rings (SSSR count). The van der Waals surface area contributed by atoms with Crippen LogP contribution in [0.5, 0.6) is 11.5 Å². The van der Waals surface area contributed by atoms with E-state index in [0.29, 0.717) is 32.2 Å². The number of amides is 2. The summed E-state index contributed by atoms with van der Waals surface area (Å²) in [5, 5.41) is 15.7. The summed E-state index contributed by atoms with van der Waals surface area (Å²) in [5.41, 5.74) is -0.519. The molecule has 4 aliphatic carbocycles. The number of fused-ring (bicyclic) bond motifs is 2. The highest BCUT2D eigenvalue weighted by Crippen LogP contribution is 2.45. The van der Waals surface area contributed by atoms with E-state index in [-0.39, 0.29) is 58.3 Å². The van der Waals surface area contributed by atoms with Gasteiger partial charge in [-0.1, -0.05) is 25.5 Å². The Balaban J connectivity index is 1.29. The third kappa shape index (κ3) is 5.37. The Morgan fingerprint density at radius 1 is 1.05 bits per heavy atom. The molecule has 39 heavy (non-hydrogen) atoms. The van der Waals surface area contributed by atoms with Gasteiger partial charge in [-0.25, -0.2) is 4.39 Å². The van der Waals surface area contributed by atoms with Crippen LogP contribution in [0.2, 0.25) is 0 Å². The highest BCUT2D eigenvalue weighted by molar-refractivity contribution is 5.98. The standard InChI is InChI=1S/C30H39FN2O6/c1-29(9-4-10-29)16-32-27(35)24-17-5-6-18(13-17)25(24)33-26(34)20-14-23(21(31)15-22(20)38-3)39-19-7-11-30(2,12-8-19)28(36)37/h5-6,14-15,17-19,24-25H,4,7-13,16H2,1-3H3,(H,32,35)(H,33,34)(H,36,37)/t17-,18+,19-,24+,25-,30+/m1/s1. The van der Waals surface area contributed by atoms with E-state index in [4.69, 9.17) is 9.47 Å². The number of methoxy groups -OCH3 is 1.